The summed E-state index contributed by atoms with van der Waals surface area (Å²) in [4.78, 5) is 0. The lowest BCUT2D eigenvalue weighted by atomic mass is 10.1. The Morgan fingerprint density at radius 3 is 2.55 bits per heavy atom. The summed E-state index contributed by atoms with van der Waals surface area (Å²) < 4.78 is 6.29. The third-order valence-electron chi connectivity index (χ3n) is 1.70. The Labute approximate surface area is 75.5 Å². The highest BCUT2D eigenvalue weighted by Gasteiger charge is 2.05. The molecule has 1 atom stereocenters. The molecule has 0 saturated carbocycles. The standard InChI is InChI=1S/C9H11BrO/c1-7(11-2)8-5-3-4-6-9(8)10/h3-7H,1-2H3. The molecule has 1 aromatic rings. The van der Waals surface area contributed by atoms with Crippen LogP contribution in [0.4, 0.5) is 0 Å². The number of methoxy groups -OCH3 is 1. The fourth-order valence-electron chi connectivity index (χ4n) is 0.932. The average Bonchev–Trinajstić information content (AvgIpc) is 2.04. The molecule has 2 heteroatoms. The van der Waals surface area contributed by atoms with E-state index in [0.29, 0.717) is 0 Å². The zero-order valence-electron chi connectivity index (χ0n) is 6.67. The minimum atomic E-state index is 0.158. The predicted octanol–water partition coefficient (Wildman–Crippen LogP) is 3.16. The fourth-order valence-corrected chi connectivity index (χ4v) is 1.54. The SMILES string of the molecule is COC(C)c1ccccc1Br. The molecule has 0 spiro atoms. The van der Waals surface area contributed by atoms with Crippen molar-refractivity contribution < 1.29 is 4.74 Å². The Bertz CT molecular complexity index is 235. The lowest BCUT2D eigenvalue weighted by molar-refractivity contribution is 0.119. The van der Waals surface area contributed by atoms with Crippen molar-refractivity contribution in [2.45, 2.75) is 13.0 Å². The quantitative estimate of drug-likeness (QED) is 0.736. The van der Waals surface area contributed by atoms with E-state index in [-0.39, 0.29) is 6.10 Å². The Hall–Kier alpha value is -0.340. The van der Waals surface area contributed by atoms with Crippen LogP contribution < -0.4 is 0 Å². The molecule has 1 aromatic carbocycles. The molecule has 1 nitrogen and oxygen atoms in total. The first-order chi connectivity index (χ1) is 5.25. The summed E-state index contributed by atoms with van der Waals surface area (Å²) in [5.41, 5.74) is 1.19. The van der Waals surface area contributed by atoms with Crippen LogP contribution in [0.25, 0.3) is 0 Å². The second-order valence-corrected chi connectivity index (χ2v) is 3.25. The number of halogens is 1. The number of benzene rings is 1. The zero-order valence-corrected chi connectivity index (χ0v) is 8.26. The molecule has 0 heterocycles. The van der Waals surface area contributed by atoms with Crippen molar-refractivity contribution in [3.63, 3.8) is 0 Å². The summed E-state index contributed by atoms with van der Waals surface area (Å²) in [7, 11) is 1.71. The van der Waals surface area contributed by atoms with Crippen molar-refractivity contribution in [3.05, 3.63) is 34.3 Å². The van der Waals surface area contributed by atoms with Crippen LogP contribution in [-0.2, 0) is 4.74 Å². The first kappa shape index (κ1) is 8.75. The van der Waals surface area contributed by atoms with E-state index in [1.165, 1.54) is 5.56 Å². The molecular formula is C9H11BrO. The maximum Gasteiger partial charge on any atom is 0.0803 e. The normalized spacial score (nSPS) is 13.0. The van der Waals surface area contributed by atoms with Gasteiger partial charge in [-0.1, -0.05) is 34.1 Å². The van der Waals surface area contributed by atoms with Gasteiger partial charge in [0.2, 0.25) is 0 Å². The lowest BCUT2D eigenvalue weighted by Crippen LogP contribution is -1.95. The Morgan fingerprint density at radius 1 is 1.36 bits per heavy atom. The first-order valence-corrected chi connectivity index (χ1v) is 4.32. The van der Waals surface area contributed by atoms with Gasteiger partial charge in [0.15, 0.2) is 0 Å². The monoisotopic (exact) mass is 214 g/mol. The summed E-state index contributed by atoms with van der Waals surface area (Å²) in [6.45, 7) is 2.03. The molecule has 1 rings (SSSR count). The maximum atomic E-state index is 5.19. The summed E-state index contributed by atoms with van der Waals surface area (Å²) in [5, 5.41) is 0. The van der Waals surface area contributed by atoms with Gasteiger partial charge in [-0.3, -0.25) is 0 Å². The molecule has 0 amide bonds. The predicted molar refractivity (Wildman–Crippen MR) is 49.6 cm³/mol. The Morgan fingerprint density at radius 2 is 2.00 bits per heavy atom. The van der Waals surface area contributed by atoms with E-state index in [1.807, 2.05) is 25.1 Å². The van der Waals surface area contributed by atoms with E-state index in [4.69, 9.17) is 4.74 Å². The summed E-state index contributed by atoms with van der Waals surface area (Å²) in [5.74, 6) is 0. The molecule has 0 radical (unpaired) electrons. The van der Waals surface area contributed by atoms with E-state index in [1.54, 1.807) is 7.11 Å². The Balaban J connectivity index is 2.93. The van der Waals surface area contributed by atoms with E-state index >= 15 is 0 Å². The van der Waals surface area contributed by atoms with Gasteiger partial charge in [-0.2, -0.15) is 0 Å². The maximum absolute atomic E-state index is 5.19. The van der Waals surface area contributed by atoms with Gasteiger partial charge in [-0.15, -0.1) is 0 Å². The second kappa shape index (κ2) is 3.88. The third kappa shape index (κ3) is 2.04. The molecule has 0 aliphatic heterocycles. The molecule has 1 unspecified atom stereocenters. The molecule has 0 aliphatic carbocycles. The number of ether oxygens (including phenoxy) is 1. The van der Waals surface area contributed by atoms with Crippen LogP contribution in [0.3, 0.4) is 0 Å². The van der Waals surface area contributed by atoms with Gasteiger partial charge in [0, 0.05) is 11.6 Å². The summed E-state index contributed by atoms with van der Waals surface area (Å²) in [6.07, 6.45) is 0.158. The summed E-state index contributed by atoms with van der Waals surface area (Å²) >= 11 is 3.46. The van der Waals surface area contributed by atoms with E-state index in [0.717, 1.165) is 4.47 Å². The van der Waals surface area contributed by atoms with Gasteiger partial charge in [-0.05, 0) is 18.6 Å². The van der Waals surface area contributed by atoms with Crippen LogP contribution in [-0.4, -0.2) is 7.11 Å². The van der Waals surface area contributed by atoms with Crippen molar-refractivity contribution >= 4 is 15.9 Å². The molecule has 0 fully saturated rings. The molecule has 0 N–H and O–H groups in total. The van der Waals surface area contributed by atoms with Crippen LogP contribution in [0.1, 0.15) is 18.6 Å². The molecule has 0 aliphatic rings. The van der Waals surface area contributed by atoms with Crippen LogP contribution in [0.2, 0.25) is 0 Å². The molecule has 0 aromatic heterocycles. The van der Waals surface area contributed by atoms with Crippen LogP contribution in [0, 0.1) is 0 Å². The molecule has 0 bridgehead atoms. The molecule has 0 saturated heterocycles. The average molecular weight is 215 g/mol. The molecule has 60 valence electrons. The van der Waals surface area contributed by atoms with Gasteiger partial charge < -0.3 is 4.74 Å². The topological polar surface area (TPSA) is 9.23 Å². The van der Waals surface area contributed by atoms with Crippen molar-refractivity contribution in [1.82, 2.24) is 0 Å². The lowest BCUT2D eigenvalue weighted by Gasteiger charge is -2.10. The number of hydrogen-bond acceptors (Lipinski definition) is 1. The van der Waals surface area contributed by atoms with Crippen molar-refractivity contribution in [1.29, 1.82) is 0 Å². The minimum Gasteiger partial charge on any atom is -0.377 e. The zero-order chi connectivity index (χ0) is 8.27. The minimum absolute atomic E-state index is 0.158. The summed E-state index contributed by atoms with van der Waals surface area (Å²) in [6, 6.07) is 8.08. The van der Waals surface area contributed by atoms with Crippen molar-refractivity contribution in [2.24, 2.45) is 0 Å². The van der Waals surface area contributed by atoms with Crippen LogP contribution >= 0.6 is 15.9 Å². The van der Waals surface area contributed by atoms with Gasteiger partial charge in [0.25, 0.3) is 0 Å². The highest BCUT2D eigenvalue weighted by Crippen LogP contribution is 2.24. The van der Waals surface area contributed by atoms with Gasteiger partial charge in [-0.25, -0.2) is 0 Å². The third-order valence-corrected chi connectivity index (χ3v) is 2.42. The first-order valence-electron chi connectivity index (χ1n) is 3.53. The highest BCUT2D eigenvalue weighted by atomic mass is 79.9. The highest BCUT2D eigenvalue weighted by molar-refractivity contribution is 9.10. The van der Waals surface area contributed by atoms with E-state index in [9.17, 15) is 0 Å². The molecule has 11 heavy (non-hydrogen) atoms. The van der Waals surface area contributed by atoms with Gasteiger partial charge >= 0.3 is 0 Å². The van der Waals surface area contributed by atoms with E-state index < -0.39 is 0 Å². The van der Waals surface area contributed by atoms with Crippen LogP contribution in [0.5, 0.6) is 0 Å². The Kier molecular flexibility index (Phi) is 3.09. The van der Waals surface area contributed by atoms with Gasteiger partial charge in [0.1, 0.15) is 0 Å². The van der Waals surface area contributed by atoms with Crippen LogP contribution in [0.15, 0.2) is 28.7 Å². The second-order valence-electron chi connectivity index (χ2n) is 2.40. The molecular weight excluding hydrogens is 204 g/mol. The largest absolute Gasteiger partial charge is 0.377 e. The smallest absolute Gasteiger partial charge is 0.0803 e. The van der Waals surface area contributed by atoms with Crippen molar-refractivity contribution in [2.75, 3.05) is 7.11 Å². The number of rotatable bonds is 2. The van der Waals surface area contributed by atoms with E-state index in [2.05, 4.69) is 22.0 Å². The number of hydrogen-bond donors (Lipinski definition) is 0. The van der Waals surface area contributed by atoms with Crippen molar-refractivity contribution in [3.8, 4) is 0 Å². The van der Waals surface area contributed by atoms with Gasteiger partial charge in [0.05, 0.1) is 6.10 Å². The fraction of sp³-hybridized carbons (Fsp3) is 0.333.